The second kappa shape index (κ2) is 5.53. The van der Waals surface area contributed by atoms with E-state index in [2.05, 4.69) is 4.18 Å². The van der Waals surface area contributed by atoms with Crippen LogP contribution in [-0.4, -0.2) is 21.2 Å². The first-order valence-corrected chi connectivity index (χ1v) is 6.19. The van der Waals surface area contributed by atoms with Crippen LogP contribution < -0.4 is 0 Å². The van der Waals surface area contributed by atoms with Gasteiger partial charge in [0.25, 0.3) is 10.1 Å². The summed E-state index contributed by atoms with van der Waals surface area (Å²) in [6.07, 6.45) is -4.54. The standard InChI is InChI=1S/C11H11F3O3S/c1-9-3-5-10(6-4-9)18(15,16)17-8-2-7-11(12,13)14/h2-7H,8H2,1H3/b7-2+/i8D. The van der Waals surface area contributed by atoms with Gasteiger partial charge in [-0.25, -0.2) is 0 Å². The average molecular weight is 281 g/mol. The van der Waals surface area contributed by atoms with E-state index in [1.165, 1.54) is 24.3 Å². The molecule has 3 nitrogen and oxygen atoms in total. The molecule has 0 aromatic heterocycles. The normalized spacial score (nSPS) is 15.7. The molecule has 0 N–H and O–H groups in total. The molecule has 0 amide bonds. The van der Waals surface area contributed by atoms with E-state index >= 15 is 0 Å². The lowest BCUT2D eigenvalue weighted by atomic mass is 10.2. The van der Waals surface area contributed by atoms with Crippen molar-refractivity contribution in [1.29, 1.82) is 0 Å². The third-order valence-corrected chi connectivity index (χ3v) is 3.07. The van der Waals surface area contributed by atoms with Crippen molar-refractivity contribution in [2.75, 3.05) is 6.58 Å². The smallest absolute Gasteiger partial charge is 0.262 e. The zero-order chi connectivity index (χ0) is 14.7. The van der Waals surface area contributed by atoms with Gasteiger partial charge < -0.3 is 0 Å². The van der Waals surface area contributed by atoms with Gasteiger partial charge in [-0.2, -0.15) is 21.6 Å². The van der Waals surface area contributed by atoms with Crippen molar-refractivity contribution in [2.24, 2.45) is 0 Å². The summed E-state index contributed by atoms with van der Waals surface area (Å²) in [6, 6.07) is 5.54. The van der Waals surface area contributed by atoms with Crippen LogP contribution in [0.2, 0.25) is 0 Å². The van der Waals surface area contributed by atoms with Gasteiger partial charge in [0.15, 0.2) is 0 Å². The Morgan fingerprint density at radius 2 is 1.89 bits per heavy atom. The van der Waals surface area contributed by atoms with Gasteiger partial charge in [0, 0.05) is 6.08 Å². The van der Waals surface area contributed by atoms with Crippen LogP contribution in [0, 0.1) is 6.92 Å². The van der Waals surface area contributed by atoms with E-state index in [9.17, 15) is 21.6 Å². The van der Waals surface area contributed by atoms with Gasteiger partial charge in [0.1, 0.15) is 0 Å². The van der Waals surface area contributed by atoms with E-state index in [0.29, 0.717) is 6.08 Å². The van der Waals surface area contributed by atoms with Crippen LogP contribution in [0.4, 0.5) is 13.2 Å². The number of halogens is 3. The first-order valence-electron chi connectivity index (χ1n) is 5.36. The van der Waals surface area contributed by atoms with Gasteiger partial charge in [-0.1, -0.05) is 23.8 Å². The van der Waals surface area contributed by atoms with Crippen LogP contribution in [0.25, 0.3) is 0 Å². The first kappa shape index (κ1) is 13.1. The van der Waals surface area contributed by atoms with E-state index in [4.69, 9.17) is 1.37 Å². The molecular weight excluding hydrogens is 269 g/mol. The number of alkyl halides is 3. The molecule has 0 aliphatic carbocycles. The average Bonchev–Trinajstić information content (AvgIpc) is 2.25. The Morgan fingerprint density at radius 1 is 1.33 bits per heavy atom. The summed E-state index contributed by atoms with van der Waals surface area (Å²) in [5, 5.41) is 0. The zero-order valence-corrected chi connectivity index (χ0v) is 10.1. The third kappa shape index (κ3) is 4.89. The molecule has 0 fully saturated rings. The highest BCUT2D eigenvalue weighted by molar-refractivity contribution is 7.86. The molecule has 1 aromatic rings. The van der Waals surface area contributed by atoms with E-state index in [1.54, 1.807) is 6.92 Å². The number of allylic oxidation sites excluding steroid dienone is 1. The van der Waals surface area contributed by atoms with Crippen LogP contribution in [0.3, 0.4) is 0 Å². The zero-order valence-electron chi connectivity index (χ0n) is 10.3. The third-order valence-electron chi connectivity index (χ3n) is 1.86. The Bertz CT molecular complexity index is 550. The molecule has 0 radical (unpaired) electrons. The summed E-state index contributed by atoms with van der Waals surface area (Å²) in [4.78, 5) is -0.212. The predicted molar refractivity (Wildman–Crippen MR) is 59.5 cm³/mol. The number of rotatable bonds is 4. The monoisotopic (exact) mass is 281 g/mol. The molecule has 0 bridgehead atoms. The molecule has 0 aliphatic rings. The quantitative estimate of drug-likeness (QED) is 0.629. The fourth-order valence-electron chi connectivity index (χ4n) is 1.01. The predicted octanol–water partition coefficient (Wildman–Crippen LogP) is 2.82. The highest BCUT2D eigenvalue weighted by Gasteiger charge is 2.22. The topological polar surface area (TPSA) is 43.4 Å². The summed E-state index contributed by atoms with van der Waals surface area (Å²) in [7, 11) is -4.25. The summed E-state index contributed by atoms with van der Waals surface area (Å²) in [6.45, 7) is -0.204. The molecule has 0 aliphatic heterocycles. The van der Waals surface area contributed by atoms with E-state index in [0.717, 1.165) is 5.56 Å². The van der Waals surface area contributed by atoms with Gasteiger partial charge in [-0.3, -0.25) is 4.18 Å². The maximum atomic E-state index is 11.8. The SMILES string of the molecule is [2H]C(/C=C/C(F)(F)F)OS(=O)(=O)c1ccc(C)cc1. The van der Waals surface area contributed by atoms with Crippen molar-refractivity contribution in [3.05, 3.63) is 42.0 Å². The van der Waals surface area contributed by atoms with E-state index in [1.807, 2.05) is 0 Å². The number of hydrogen-bond donors (Lipinski definition) is 0. The van der Waals surface area contributed by atoms with Crippen LogP contribution in [0.5, 0.6) is 0 Å². The minimum absolute atomic E-state index is 0.212. The summed E-state index contributed by atoms with van der Waals surface area (Å²) < 4.78 is 70.2. The first-order chi connectivity index (χ1) is 8.60. The van der Waals surface area contributed by atoms with Crippen molar-refractivity contribution in [1.82, 2.24) is 0 Å². The fourth-order valence-corrected chi connectivity index (χ4v) is 1.81. The minimum Gasteiger partial charge on any atom is -0.262 e. The summed E-state index contributed by atoms with van der Waals surface area (Å²) in [5.41, 5.74) is 0.818. The molecule has 1 unspecified atom stereocenters. The highest BCUT2D eigenvalue weighted by atomic mass is 32.2. The molecule has 1 aromatic carbocycles. The van der Waals surface area contributed by atoms with Crippen LogP contribution in [0.1, 0.15) is 6.93 Å². The maximum Gasteiger partial charge on any atom is 0.409 e. The fraction of sp³-hybridized carbons (Fsp3) is 0.273. The molecule has 1 atom stereocenters. The molecule has 100 valence electrons. The van der Waals surface area contributed by atoms with Crippen molar-refractivity contribution in [3.63, 3.8) is 0 Å². The highest BCUT2D eigenvalue weighted by Crippen LogP contribution is 2.16. The lowest BCUT2D eigenvalue weighted by molar-refractivity contribution is -0.0801. The Kier molecular flexibility index (Phi) is 4.03. The van der Waals surface area contributed by atoms with Gasteiger partial charge in [-0.05, 0) is 19.1 Å². The summed E-state index contributed by atoms with van der Waals surface area (Å²) in [5.74, 6) is 0. The van der Waals surface area contributed by atoms with Crippen LogP contribution in [-0.2, 0) is 14.3 Å². The number of benzene rings is 1. The summed E-state index contributed by atoms with van der Waals surface area (Å²) >= 11 is 0. The van der Waals surface area contributed by atoms with E-state index < -0.39 is 22.9 Å². The van der Waals surface area contributed by atoms with Gasteiger partial charge in [0.2, 0.25) is 0 Å². The molecule has 0 saturated carbocycles. The molecule has 1 rings (SSSR count). The van der Waals surface area contributed by atoms with Crippen molar-refractivity contribution in [2.45, 2.75) is 18.0 Å². The van der Waals surface area contributed by atoms with Crippen molar-refractivity contribution < 1.29 is 27.1 Å². The lowest BCUT2D eigenvalue weighted by Crippen LogP contribution is -2.07. The number of hydrogen-bond acceptors (Lipinski definition) is 3. The second-order valence-electron chi connectivity index (χ2n) is 3.40. The van der Waals surface area contributed by atoms with Gasteiger partial charge in [0.05, 0.1) is 12.8 Å². The van der Waals surface area contributed by atoms with Gasteiger partial charge >= 0.3 is 6.18 Å². The van der Waals surface area contributed by atoms with Crippen LogP contribution >= 0.6 is 0 Å². The Balaban J connectivity index is 2.80. The Labute approximate surface area is 104 Å². The van der Waals surface area contributed by atoms with Crippen molar-refractivity contribution in [3.8, 4) is 0 Å². The Morgan fingerprint density at radius 3 is 2.39 bits per heavy atom. The maximum absolute atomic E-state index is 11.8. The molecule has 7 heteroatoms. The molecule has 18 heavy (non-hydrogen) atoms. The largest absolute Gasteiger partial charge is 0.409 e. The molecule has 0 heterocycles. The molecule has 0 spiro atoms. The van der Waals surface area contributed by atoms with Crippen molar-refractivity contribution >= 4 is 10.1 Å². The Hall–Kier alpha value is -1.34. The van der Waals surface area contributed by atoms with E-state index in [-0.39, 0.29) is 11.0 Å². The van der Waals surface area contributed by atoms with Gasteiger partial charge in [-0.15, -0.1) is 0 Å². The minimum atomic E-state index is -4.61. The second-order valence-corrected chi connectivity index (χ2v) is 4.97. The number of aryl methyl sites for hydroxylation is 1. The lowest BCUT2D eigenvalue weighted by Gasteiger charge is -2.04. The molecule has 0 saturated heterocycles. The van der Waals surface area contributed by atoms with Crippen LogP contribution in [0.15, 0.2) is 41.3 Å². The molecular formula is C11H11F3O3S.